The molecule has 2 rings (SSSR count). The fourth-order valence-electron chi connectivity index (χ4n) is 2.61. The number of anilines is 1. The molecule has 0 heterocycles. The van der Waals surface area contributed by atoms with E-state index in [2.05, 4.69) is 5.32 Å². The summed E-state index contributed by atoms with van der Waals surface area (Å²) < 4.78 is 36.6. The van der Waals surface area contributed by atoms with E-state index in [0.717, 1.165) is 0 Å². The molecule has 0 fully saturated rings. The lowest BCUT2D eigenvalue weighted by Gasteiger charge is -2.18. The Morgan fingerprint density at radius 2 is 1.60 bits per heavy atom. The Hall–Kier alpha value is -2.91. The molecule has 0 saturated carbocycles. The number of carbonyl (C=O) groups is 2. The van der Waals surface area contributed by atoms with Crippen LogP contribution in [0.2, 0.25) is 0 Å². The van der Waals surface area contributed by atoms with Crippen LogP contribution in [0.25, 0.3) is 0 Å². The number of para-hydroxylation sites is 1. The molecule has 1 N–H and O–H groups in total. The lowest BCUT2D eigenvalue weighted by atomic mass is 10.3. The summed E-state index contributed by atoms with van der Waals surface area (Å²) in [5.74, 6) is -0.428. The van der Waals surface area contributed by atoms with Crippen molar-refractivity contribution in [2.24, 2.45) is 0 Å². The van der Waals surface area contributed by atoms with Crippen LogP contribution in [0, 0.1) is 0 Å². The van der Waals surface area contributed by atoms with Gasteiger partial charge in [-0.2, -0.15) is 4.31 Å². The first kappa shape index (κ1) is 23.4. The number of nitrogens with one attached hydrogen (secondary N) is 1. The average Bonchev–Trinajstić information content (AvgIpc) is 2.74. The maximum absolute atomic E-state index is 12.5. The number of ether oxygens (including phenoxy) is 2. The molecule has 0 atom stereocenters. The van der Waals surface area contributed by atoms with Gasteiger partial charge in [0.15, 0.2) is 6.61 Å². The third-order valence-corrected chi connectivity index (χ3v) is 6.23. The fraction of sp³-hybridized carbons (Fsp3) is 0.333. The van der Waals surface area contributed by atoms with Crippen molar-refractivity contribution < 1.29 is 27.5 Å². The highest BCUT2D eigenvalue weighted by molar-refractivity contribution is 7.89. The first-order chi connectivity index (χ1) is 14.4. The van der Waals surface area contributed by atoms with Crippen molar-refractivity contribution in [3.63, 3.8) is 0 Å². The van der Waals surface area contributed by atoms with Crippen LogP contribution < -0.4 is 10.1 Å². The molecule has 8 nitrogen and oxygen atoms in total. The van der Waals surface area contributed by atoms with E-state index in [1.807, 2.05) is 18.2 Å². The van der Waals surface area contributed by atoms with Crippen molar-refractivity contribution >= 4 is 27.6 Å². The van der Waals surface area contributed by atoms with Crippen molar-refractivity contribution in [1.29, 1.82) is 0 Å². The second-order valence-corrected chi connectivity index (χ2v) is 8.17. The van der Waals surface area contributed by atoms with Gasteiger partial charge in [0.25, 0.3) is 5.91 Å². The van der Waals surface area contributed by atoms with Gasteiger partial charge in [-0.25, -0.2) is 8.42 Å². The summed E-state index contributed by atoms with van der Waals surface area (Å²) in [7, 11) is -3.56. The van der Waals surface area contributed by atoms with E-state index < -0.39 is 28.5 Å². The normalized spacial score (nSPS) is 11.2. The Kier molecular flexibility index (Phi) is 8.82. The minimum Gasteiger partial charge on any atom is -0.493 e. The molecule has 0 saturated heterocycles. The standard InChI is InChI=1S/C21H26N2O6S/c1-3-23(4-2)30(26,27)19-12-10-17(11-13-19)22-20(24)16-29-21(25)14-15-28-18-8-6-5-7-9-18/h5-13H,3-4,14-16H2,1-2H3,(H,22,24). The number of esters is 1. The molecule has 0 aromatic heterocycles. The zero-order chi connectivity index (χ0) is 22.0. The molecular formula is C21H26N2O6S. The van der Waals surface area contributed by atoms with Gasteiger partial charge in [0.1, 0.15) is 5.75 Å². The Labute approximate surface area is 176 Å². The third-order valence-electron chi connectivity index (χ3n) is 4.16. The van der Waals surface area contributed by atoms with Crippen molar-refractivity contribution in [1.82, 2.24) is 4.31 Å². The highest BCUT2D eigenvalue weighted by atomic mass is 32.2. The van der Waals surface area contributed by atoms with Crippen molar-refractivity contribution in [3.8, 4) is 5.75 Å². The van der Waals surface area contributed by atoms with E-state index in [1.165, 1.54) is 28.6 Å². The Morgan fingerprint density at radius 1 is 0.967 bits per heavy atom. The lowest BCUT2D eigenvalue weighted by Crippen LogP contribution is -2.30. The number of hydrogen-bond acceptors (Lipinski definition) is 6. The molecule has 0 aliphatic heterocycles. The van der Waals surface area contributed by atoms with E-state index in [0.29, 0.717) is 24.5 Å². The first-order valence-electron chi connectivity index (χ1n) is 9.60. The molecule has 1 amide bonds. The largest absolute Gasteiger partial charge is 0.493 e. The van der Waals surface area contributed by atoms with Gasteiger partial charge in [-0.05, 0) is 36.4 Å². The van der Waals surface area contributed by atoms with Crippen LogP contribution in [0.3, 0.4) is 0 Å². The van der Waals surface area contributed by atoms with Crippen LogP contribution in [0.15, 0.2) is 59.5 Å². The van der Waals surface area contributed by atoms with E-state index in [4.69, 9.17) is 9.47 Å². The van der Waals surface area contributed by atoms with E-state index >= 15 is 0 Å². The molecule has 2 aromatic carbocycles. The van der Waals surface area contributed by atoms with Crippen LogP contribution in [0.5, 0.6) is 5.75 Å². The predicted octanol–water partition coefficient (Wildman–Crippen LogP) is 2.67. The maximum atomic E-state index is 12.5. The van der Waals surface area contributed by atoms with Crippen molar-refractivity contribution in [3.05, 3.63) is 54.6 Å². The number of benzene rings is 2. The Balaban J connectivity index is 1.77. The van der Waals surface area contributed by atoms with E-state index in [9.17, 15) is 18.0 Å². The molecule has 0 aliphatic rings. The molecule has 2 aromatic rings. The third kappa shape index (κ3) is 6.85. The van der Waals surface area contributed by atoms with Crippen LogP contribution in [0.4, 0.5) is 5.69 Å². The zero-order valence-corrected chi connectivity index (χ0v) is 17.9. The molecular weight excluding hydrogens is 408 g/mol. The molecule has 0 aliphatic carbocycles. The summed E-state index contributed by atoms with van der Waals surface area (Å²) in [6.45, 7) is 3.99. The number of carbonyl (C=O) groups excluding carboxylic acids is 2. The fourth-order valence-corrected chi connectivity index (χ4v) is 4.07. The van der Waals surface area contributed by atoms with Gasteiger partial charge >= 0.3 is 5.97 Å². The number of sulfonamides is 1. The Morgan fingerprint density at radius 3 is 2.20 bits per heavy atom. The van der Waals surface area contributed by atoms with Gasteiger partial charge in [-0.1, -0.05) is 32.0 Å². The number of hydrogen-bond donors (Lipinski definition) is 1. The van der Waals surface area contributed by atoms with Crippen LogP contribution >= 0.6 is 0 Å². The summed E-state index contributed by atoms with van der Waals surface area (Å²) in [5, 5.41) is 2.56. The quantitative estimate of drug-likeness (QED) is 0.546. The molecule has 0 bridgehead atoms. The lowest BCUT2D eigenvalue weighted by molar-refractivity contribution is -0.147. The molecule has 30 heavy (non-hydrogen) atoms. The van der Waals surface area contributed by atoms with Gasteiger partial charge in [0, 0.05) is 18.8 Å². The monoisotopic (exact) mass is 434 g/mol. The molecule has 9 heteroatoms. The second kappa shape index (κ2) is 11.3. The van der Waals surface area contributed by atoms with Gasteiger partial charge in [0.2, 0.25) is 10.0 Å². The minimum absolute atomic E-state index is 0.0140. The average molecular weight is 435 g/mol. The van der Waals surface area contributed by atoms with Gasteiger partial charge in [-0.3, -0.25) is 9.59 Å². The molecule has 0 spiro atoms. The zero-order valence-electron chi connectivity index (χ0n) is 17.0. The van der Waals surface area contributed by atoms with Crippen LogP contribution in [-0.2, 0) is 24.3 Å². The summed E-state index contributed by atoms with van der Waals surface area (Å²) >= 11 is 0. The van der Waals surface area contributed by atoms with Gasteiger partial charge < -0.3 is 14.8 Å². The predicted molar refractivity (Wildman–Crippen MR) is 113 cm³/mol. The van der Waals surface area contributed by atoms with Gasteiger partial charge in [0.05, 0.1) is 17.9 Å². The highest BCUT2D eigenvalue weighted by Crippen LogP contribution is 2.18. The summed E-state index contributed by atoms with van der Waals surface area (Å²) in [6.07, 6.45) is 0.0140. The van der Waals surface area contributed by atoms with Gasteiger partial charge in [-0.15, -0.1) is 0 Å². The van der Waals surface area contributed by atoms with Crippen LogP contribution in [0.1, 0.15) is 20.3 Å². The van der Waals surface area contributed by atoms with E-state index in [1.54, 1.807) is 26.0 Å². The summed E-state index contributed by atoms with van der Waals surface area (Å²) in [6, 6.07) is 14.9. The number of rotatable bonds is 11. The molecule has 162 valence electrons. The van der Waals surface area contributed by atoms with Crippen molar-refractivity contribution in [2.45, 2.75) is 25.2 Å². The van der Waals surface area contributed by atoms with Crippen molar-refractivity contribution in [2.75, 3.05) is 31.6 Å². The van der Waals surface area contributed by atoms with E-state index in [-0.39, 0.29) is 17.9 Å². The van der Waals surface area contributed by atoms with Crippen LogP contribution in [-0.4, -0.2) is 50.9 Å². The SMILES string of the molecule is CCN(CC)S(=O)(=O)c1ccc(NC(=O)COC(=O)CCOc2ccccc2)cc1. The summed E-state index contributed by atoms with van der Waals surface area (Å²) in [5.41, 5.74) is 0.405. The number of amides is 1. The minimum atomic E-state index is -3.56. The smallest absolute Gasteiger partial charge is 0.309 e. The maximum Gasteiger partial charge on any atom is 0.309 e. The first-order valence-corrected chi connectivity index (χ1v) is 11.0. The molecule has 0 radical (unpaired) electrons. The highest BCUT2D eigenvalue weighted by Gasteiger charge is 2.21. The number of nitrogens with zero attached hydrogens (tertiary/aromatic N) is 1. The topological polar surface area (TPSA) is 102 Å². The second-order valence-electron chi connectivity index (χ2n) is 6.23. The summed E-state index contributed by atoms with van der Waals surface area (Å²) in [4.78, 5) is 23.8. The molecule has 0 unspecified atom stereocenters. The Bertz CT molecular complexity index is 926.